The van der Waals surface area contributed by atoms with Gasteiger partial charge < -0.3 is 0 Å². The first-order valence-corrected chi connectivity index (χ1v) is 4.63. The van der Waals surface area contributed by atoms with E-state index in [1.54, 1.807) is 6.20 Å². The van der Waals surface area contributed by atoms with Gasteiger partial charge in [-0.1, -0.05) is 6.07 Å². The van der Waals surface area contributed by atoms with E-state index in [-0.39, 0.29) is 0 Å². The fourth-order valence-corrected chi connectivity index (χ4v) is 1.30. The molecule has 0 aliphatic carbocycles. The second-order valence-electron chi connectivity index (χ2n) is 3.06. The van der Waals surface area contributed by atoms with E-state index in [1.165, 1.54) is 6.33 Å². The van der Waals surface area contributed by atoms with Crippen LogP contribution >= 0.6 is 0 Å². The second-order valence-corrected chi connectivity index (χ2v) is 3.06. The van der Waals surface area contributed by atoms with Crippen molar-refractivity contribution < 1.29 is 0 Å². The highest BCUT2D eigenvalue weighted by atomic mass is 15.3. The molecule has 3 heterocycles. The van der Waals surface area contributed by atoms with Gasteiger partial charge in [-0.2, -0.15) is 10.2 Å². The Morgan fingerprint density at radius 3 is 2.75 bits per heavy atom. The van der Waals surface area contributed by atoms with Crippen LogP contribution in [0.5, 0.6) is 0 Å². The van der Waals surface area contributed by atoms with Crippen LogP contribution < -0.4 is 0 Å². The van der Waals surface area contributed by atoms with Crippen LogP contribution in [0.2, 0.25) is 0 Å². The molecule has 3 aromatic heterocycles. The summed E-state index contributed by atoms with van der Waals surface area (Å²) in [6, 6.07) is 5.56. The van der Waals surface area contributed by atoms with Crippen molar-refractivity contribution >= 4 is 0 Å². The normalized spacial score (nSPS) is 10.5. The van der Waals surface area contributed by atoms with Crippen molar-refractivity contribution in [2.45, 2.75) is 0 Å². The lowest BCUT2D eigenvalue weighted by molar-refractivity contribution is 1.05. The zero-order valence-corrected chi connectivity index (χ0v) is 8.12. The average Bonchev–Trinajstić information content (AvgIpc) is 3.01. The van der Waals surface area contributed by atoms with Crippen LogP contribution in [0.15, 0.2) is 30.7 Å². The average molecular weight is 213 g/mol. The van der Waals surface area contributed by atoms with E-state index in [9.17, 15) is 0 Å². The van der Waals surface area contributed by atoms with Crippen LogP contribution in [-0.2, 0) is 0 Å². The molecule has 78 valence electrons. The summed E-state index contributed by atoms with van der Waals surface area (Å²) >= 11 is 0. The van der Waals surface area contributed by atoms with E-state index in [0.717, 1.165) is 0 Å². The minimum absolute atomic E-state index is 0.534. The van der Waals surface area contributed by atoms with Crippen molar-refractivity contribution in [2.75, 3.05) is 0 Å². The van der Waals surface area contributed by atoms with Gasteiger partial charge in [0, 0.05) is 6.20 Å². The van der Waals surface area contributed by atoms with Crippen molar-refractivity contribution in [3.8, 4) is 23.2 Å². The molecule has 0 atom stereocenters. The van der Waals surface area contributed by atoms with Crippen molar-refractivity contribution in [2.24, 2.45) is 0 Å². The van der Waals surface area contributed by atoms with Crippen LogP contribution in [-0.4, -0.2) is 35.3 Å². The van der Waals surface area contributed by atoms with E-state index in [1.807, 2.05) is 18.2 Å². The third-order valence-electron chi connectivity index (χ3n) is 2.02. The topological polar surface area (TPSA) is 96.0 Å². The quantitative estimate of drug-likeness (QED) is 0.651. The summed E-state index contributed by atoms with van der Waals surface area (Å²) in [5.41, 5.74) is 0.713. The molecule has 16 heavy (non-hydrogen) atoms. The molecule has 0 bridgehead atoms. The number of aromatic amines is 2. The lowest BCUT2D eigenvalue weighted by Gasteiger charge is -1.90. The summed E-state index contributed by atoms with van der Waals surface area (Å²) in [6.45, 7) is 0. The maximum absolute atomic E-state index is 4.26. The van der Waals surface area contributed by atoms with Gasteiger partial charge in [-0.25, -0.2) is 9.97 Å². The van der Waals surface area contributed by atoms with Crippen molar-refractivity contribution in [1.29, 1.82) is 0 Å². The molecule has 3 rings (SSSR count). The molecule has 0 amide bonds. The van der Waals surface area contributed by atoms with Gasteiger partial charge in [0.05, 0.1) is 0 Å². The molecule has 0 spiro atoms. The number of nitrogens with one attached hydrogen (secondary N) is 2. The number of hydrogen-bond donors (Lipinski definition) is 2. The first kappa shape index (κ1) is 8.72. The number of rotatable bonds is 2. The van der Waals surface area contributed by atoms with E-state index >= 15 is 0 Å². The molecule has 0 saturated carbocycles. The summed E-state index contributed by atoms with van der Waals surface area (Å²) in [5, 5.41) is 13.3. The first-order chi connectivity index (χ1) is 7.93. The number of hydrogen-bond acceptors (Lipinski definition) is 5. The molecule has 0 unspecified atom stereocenters. The SMILES string of the molecule is c1ccc(-c2n[nH]c(-c3ncn[nH]3)n2)nc1. The van der Waals surface area contributed by atoms with E-state index in [2.05, 4.69) is 35.3 Å². The number of aromatic nitrogens is 7. The fraction of sp³-hybridized carbons (Fsp3) is 0. The predicted molar refractivity (Wildman–Crippen MR) is 55.0 cm³/mol. The second kappa shape index (κ2) is 3.54. The molecule has 0 radical (unpaired) electrons. The van der Waals surface area contributed by atoms with Crippen molar-refractivity contribution in [3.63, 3.8) is 0 Å². The van der Waals surface area contributed by atoms with Gasteiger partial charge in [-0.05, 0) is 12.1 Å². The number of nitrogens with zero attached hydrogens (tertiary/aromatic N) is 5. The predicted octanol–water partition coefficient (Wildman–Crippen LogP) is 0.652. The van der Waals surface area contributed by atoms with Crippen LogP contribution in [0.3, 0.4) is 0 Å². The van der Waals surface area contributed by atoms with Gasteiger partial charge in [0.1, 0.15) is 12.0 Å². The van der Waals surface area contributed by atoms with E-state index < -0.39 is 0 Å². The van der Waals surface area contributed by atoms with Gasteiger partial charge in [-0.3, -0.25) is 15.2 Å². The largest absolute Gasteiger partial charge is 0.257 e. The van der Waals surface area contributed by atoms with Crippen LogP contribution in [0, 0.1) is 0 Å². The Bertz CT molecular complexity index is 569. The molecular weight excluding hydrogens is 206 g/mol. The monoisotopic (exact) mass is 213 g/mol. The standard InChI is InChI=1S/C9H7N7/c1-2-4-10-6(3-1)7-13-9(16-15-7)8-11-5-12-14-8/h1-5H,(H,11,12,14)(H,13,15,16). The van der Waals surface area contributed by atoms with Gasteiger partial charge in [0.15, 0.2) is 17.5 Å². The zero-order chi connectivity index (χ0) is 10.8. The molecule has 0 aromatic carbocycles. The van der Waals surface area contributed by atoms with Gasteiger partial charge >= 0.3 is 0 Å². The highest BCUT2D eigenvalue weighted by molar-refractivity contribution is 5.52. The Morgan fingerprint density at radius 1 is 1.00 bits per heavy atom. The molecule has 3 aromatic rings. The zero-order valence-electron chi connectivity index (χ0n) is 8.12. The summed E-state index contributed by atoms with van der Waals surface area (Å²) in [5.74, 6) is 1.62. The summed E-state index contributed by atoms with van der Waals surface area (Å²) in [4.78, 5) is 12.4. The molecular formula is C9H7N7. The minimum atomic E-state index is 0.534. The third-order valence-corrected chi connectivity index (χ3v) is 2.02. The van der Waals surface area contributed by atoms with E-state index in [0.29, 0.717) is 23.2 Å². The minimum Gasteiger partial charge on any atom is -0.257 e. The maximum atomic E-state index is 4.26. The smallest absolute Gasteiger partial charge is 0.200 e. The number of H-pyrrole nitrogens is 2. The Labute approximate surface area is 90.0 Å². The molecule has 2 N–H and O–H groups in total. The Hall–Kier alpha value is -2.57. The molecule has 7 nitrogen and oxygen atoms in total. The molecule has 0 aliphatic rings. The highest BCUT2D eigenvalue weighted by Gasteiger charge is 2.09. The fourth-order valence-electron chi connectivity index (χ4n) is 1.30. The highest BCUT2D eigenvalue weighted by Crippen LogP contribution is 2.14. The molecule has 7 heteroatoms. The van der Waals surface area contributed by atoms with Crippen molar-refractivity contribution in [1.82, 2.24) is 35.3 Å². The number of pyridine rings is 1. The van der Waals surface area contributed by atoms with Crippen LogP contribution in [0.25, 0.3) is 23.2 Å². The lowest BCUT2D eigenvalue weighted by Crippen LogP contribution is -1.85. The lowest BCUT2D eigenvalue weighted by atomic mass is 10.3. The van der Waals surface area contributed by atoms with Gasteiger partial charge in [-0.15, -0.1) is 0 Å². The van der Waals surface area contributed by atoms with Crippen LogP contribution in [0.1, 0.15) is 0 Å². The Morgan fingerprint density at radius 2 is 2.00 bits per heavy atom. The summed E-state index contributed by atoms with van der Waals surface area (Å²) in [6.07, 6.45) is 3.11. The van der Waals surface area contributed by atoms with E-state index in [4.69, 9.17) is 0 Å². The molecule has 0 aliphatic heterocycles. The third kappa shape index (κ3) is 1.44. The van der Waals surface area contributed by atoms with Gasteiger partial charge in [0.25, 0.3) is 0 Å². The molecule has 0 fully saturated rings. The summed E-state index contributed by atoms with van der Waals surface area (Å²) in [7, 11) is 0. The van der Waals surface area contributed by atoms with Gasteiger partial charge in [0.2, 0.25) is 0 Å². The Kier molecular flexibility index (Phi) is 1.93. The molecule has 0 saturated heterocycles. The Balaban J connectivity index is 2.00. The summed E-state index contributed by atoms with van der Waals surface area (Å²) < 4.78 is 0. The first-order valence-electron chi connectivity index (χ1n) is 4.63. The van der Waals surface area contributed by atoms with Crippen LogP contribution in [0.4, 0.5) is 0 Å². The van der Waals surface area contributed by atoms with Crippen molar-refractivity contribution in [3.05, 3.63) is 30.7 Å². The maximum Gasteiger partial charge on any atom is 0.200 e.